The standard InChI is InChI=1S/C18H19N3O3/c1-13-19-10-9-15(20-13)18(23)24-16(14-7-3-2-4-8-14)17(22)21-11-5-6-12-21/h2-4,7-10,16H,5-6,11-12H2,1H3/t16-/m1/s1. The monoisotopic (exact) mass is 325 g/mol. The Labute approximate surface area is 140 Å². The maximum Gasteiger partial charge on any atom is 0.358 e. The van der Waals surface area contributed by atoms with Gasteiger partial charge in [-0.1, -0.05) is 30.3 Å². The van der Waals surface area contributed by atoms with Crippen LogP contribution in [0.4, 0.5) is 0 Å². The zero-order valence-electron chi connectivity index (χ0n) is 13.5. The molecule has 124 valence electrons. The summed E-state index contributed by atoms with van der Waals surface area (Å²) in [7, 11) is 0. The normalized spacial score (nSPS) is 15.1. The molecule has 1 aliphatic rings. The highest BCUT2D eigenvalue weighted by Gasteiger charge is 2.31. The molecule has 1 aliphatic heterocycles. The zero-order valence-corrected chi connectivity index (χ0v) is 13.5. The van der Waals surface area contributed by atoms with Gasteiger partial charge in [0.25, 0.3) is 5.91 Å². The van der Waals surface area contributed by atoms with Gasteiger partial charge in [-0.05, 0) is 25.8 Å². The first-order valence-corrected chi connectivity index (χ1v) is 7.99. The highest BCUT2D eigenvalue weighted by Crippen LogP contribution is 2.23. The van der Waals surface area contributed by atoms with Crippen molar-refractivity contribution in [1.82, 2.24) is 14.9 Å². The fourth-order valence-electron chi connectivity index (χ4n) is 2.73. The molecule has 0 N–H and O–H groups in total. The SMILES string of the molecule is Cc1nccc(C(=O)O[C@@H](C(=O)N2CCCC2)c2ccccc2)n1. The van der Waals surface area contributed by atoms with Crippen molar-refractivity contribution in [3.05, 3.63) is 59.7 Å². The number of aromatic nitrogens is 2. The van der Waals surface area contributed by atoms with Crippen molar-refractivity contribution in [2.24, 2.45) is 0 Å². The van der Waals surface area contributed by atoms with Gasteiger partial charge < -0.3 is 9.64 Å². The first kappa shape index (κ1) is 16.1. The summed E-state index contributed by atoms with van der Waals surface area (Å²) in [6.07, 6.45) is 2.50. The summed E-state index contributed by atoms with van der Waals surface area (Å²) in [6, 6.07) is 10.6. The number of rotatable bonds is 4. The van der Waals surface area contributed by atoms with E-state index < -0.39 is 12.1 Å². The number of benzene rings is 1. The molecule has 0 saturated carbocycles. The molecule has 2 heterocycles. The fraction of sp³-hybridized carbons (Fsp3) is 0.333. The average Bonchev–Trinajstić information content (AvgIpc) is 3.14. The number of ether oxygens (including phenoxy) is 1. The Hall–Kier alpha value is -2.76. The van der Waals surface area contributed by atoms with Crippen LogP contribution in [-0.4, -0.2) is 39.8 Å². The lowest BCUT2D eigenvalue weighted by molar-refractivity contribution is -0.140. The molecule has 3 rings (SSSR count). The minimum Gasteiger partial charge on any atom is -0.443 e. The molecule has 1 fully saturated rings. The molecule has 24 heavy (non-hydrogen) atoms. The minimum absolute atomic E-state index is 0.151. The molecule has 0 spiro atoms. The predicted molar refractivity (Wildman–Crippen MR) is 87.2 cm³/mol. The van der Waals surface area contributed by atoms with Crippen LogP contribution < -0.4 is 0 Å². The van der Waals surface area contributed by atoms with Gasteiger partial charge in [0.15, 0.2) is 5.69 Å². The number of esters is 1. The van der Waals surface area contributed by atoms with Crippen LogP contribution in [0.3, 0.4) is 0 Å². The van der Waals surface area contributed by atoms with Gasteiger partial charge >= 0.3 is 5.97 Å². The van der Waals surface area contributed by atoms with Crippen LogP contribution in [0.5, 0.6) is 0 Å². The van der Waals surface area contributed by atoms with Gasteiger partial charge in [0.1, 0.15) is 5.82 Å². The number of amides is 1. The molecule has 0 unspecified atom stereocenters. The molecule has 1 aromatic heterocycles. The van der Waals surface area contributed by atoms with E-state index in [1.165, 1.54) is 12.3 Å². The summed E-state index contributed by atoms with van der Waals surface area (Å²) < 4.78 is 5.53. The largest absolute Gasteiger partial charge is 0.443 e. The molecular formula is C18H19N3O3. The maximum absolute atomic E-state index is 12.8. The molecule has 0 radical (unpaired) electrons. The second-order valence-electron chi connectivity index (χ2n) is 5.72. The van der Waals surface area contributed by atoms with Gasteiger partial charge in [-0.15, -0.1) is 0 Å². The Morgan fingerprint density at radius 1 is 1.12 bits per heavy atom. The lowest BCUT2D eigenvalue weighted by Crippen LogP contribution is -2.35. The predicted octanol–water partition coefficient (Wildman–Crippen LogP) is 2.31. The van der Waals surface area contributed by atoms with Crippen LogP contribution >= 0.6 is 0 Å². The summed E-state index contributed by atoms with van der Waals surface area (Å²) in [4.78, 5) is 35.0. The number of carbonyl (C=O) groups excluding carboxylic acids is 2. The van der Waals surface area contributed by atoms with E-state index in [2.05, 4.69) is 9.97 Å². The summed E-state index contributed by atoms with van der Waals surface area (Å²) in [5.74, 6) is -0.327. The lowest BCUT2D eigenvalue weighted by Gasteiger charge is -2.23. The molecule has 1 amide bonds. The minimum atomic E-state index is -0.952. The van der Waals surface area contributed by atoms with E-state index in [1.54, 1.807) is 24.0 Å². The smallest absolute Gasteiger partial charge is 0.358 e. The van der Waals surface area contributed by atoms with Crippen molar-refractivity contribution in [3.63, 3.8) is 0 Å². The van der Waals surface area contributed by atoms with E-state index in [0.717, 1.165) is 12.8 Å². The molecule has 6 nitrogen and oxygen atoms in total. The molecule has 6 heteroatoms. The van der Waals surface area contributed by atoms with E-state index in [4.69, 9.17) is 4.74 Å². The van der Waals surface area contributed by atoms with E-state index in [1.807, 2.05) is 18.2 Å². The van der Waals surface area contributed by atoms with Crippen LogP contribution in [0.15, 0.2) is 42.6 Å². The topological polar surface area (TPSA) is 72.4 Å². The number of hydrogen-bond donors (Lipinski definition) is 0. The van der Waals surface area contributed by atoms with Gasteiger partial charge in [-0.2, -0.15) is 0 Å². The van der Waals surface area contributed by atoms with Crippen LogP contribution in [0.1, 0.15) is 40.8 Å². The zero-order chi connectivity index (χ0) is 16.9. The van der Waals surface area contributed by atoms with Gasteiger partial charge in [-0.25, -0.2) is 14.8 Å². The van der Waals surface area contributed by atoms with Gasteiger partial charge in [0.05, 0.1) is 0 Å². The molecule has 0 bridgehead atoms. The molecule has 2 aromatic rings. The van der Waals surface area contributed by atoms with Crippen LogP contribution in [0.2, 0.25) is 0 Å². The van der Waals surface area contributed by atoms with Gasteiger partial charge in [0, 0.05) is 24.8 Å². The Kier molecular flexibility index (Phi) is 4.84. The van der Waals surface area contributed by atoms with E-state index in [-0.39, 0.29) is 11.6 Å². The summed E-state index contributed by atoms with van der Waals surface area (Å²) in [6.45, 7) is 3.10. The fourth-order valence-corrected chi connectivity index (χ4v) is 2.73. The van der Waals surface area contributed by atoms with Crippen molar-refractivity contribution in [1.29, 1.82) is 0 Å². The van der Waals surface area contributed by atoms with Crippen LogP contribution in [-0.2, 0) is 9.53 Å². The Morgan fingerprint density at radius 3 is 2.50 bits per heavy atom. The van der Waals surface area contributed by atoms with Crippen molar-refractivity contribution in [3.8, 4) is 0 Å². The Morgan fingerprint density at radius 2 is 1.83 bits per heavy atom. The summed E-state index contributed by atoms with van der Waals surface area (Å²) in [5, 5.41) is 0. The van der Waals surface area contributed by atoms with E-state index in [9.17, 15) is 9.59 Å². The molecular weight excluding hydrogens is 306 g/mol. The summed E-state index contributed by atoms with van der Waals surface area (Å²) >= 11 is 0. The Bertz CT molecular complexity index is 727. The number of hydrogen-bond acceptors (Lipinski definition) is 5. The highest BCUT2D eigenvalue weighted by molar-refractivity contribution is 5.91. The maximum atomic E-state index is 12.8. The van der Waals surface area contributed by atoms with Crippen molar-refractivity contribution >= 4 is 11.9 Å². The third-order valence-electron chi connectivity index (χ3n) is 3.95. The lowest BCUT2D eigenvalue weighted by atomic mass is 10.1. The van der Waals surface area contributed by atoms with Crippen LogP contribution in [0.25, 0.3) is 0 Å². The first-order chi connectivity index (χ1) is 11.6. The number of likely N-dealkylation sites (tertiary alicyclic amines) is 1. The summed E-state index contributed by atoms with van der Waals surface area (Å²) in [5.41, 5.74) is 0.811. The van der Waals surface area contributed by atoms with Gasteiger partial charge in [0.2, 0.25) is 6.10 Å². The quantitative estimate of drug-likeness (QED) is 0.807. The average molecular weight is 325 g/mol. The molecule has 1 saturated heterocycles. The number of carbonyl (C=O) groups is 2. The number of nitrogens with zero attached hydrogens (tertiary/aromatic N) is 3. The first-order valence-electron chi connectivity index (χ1n) is 7.99. The highest BCUT2D eigenvalue weighted by atomic mass is 16.5. The molecule has 0 aliphatic carbocycles. The third kappa shape index (κ3) is 3.59. The third-order valence-corrected chi connectivity index (χ3v) is 3.95. The second kappa shape index (κ2) is 7.21. The number of aryl methyl sites for hydroxylation is 1. The van der Waals surface area contributed by atoms with Crippen molar-refractivity contribution in [2.75, 3.05) is 13.1 Å². The molecule has 1 atom stereocenters. The van der Waals surface area contributed by atoms with Gasteiger partial charge in [-0.3, -0.25) is 4.79 Å². The van der Waals surface area contributed by atoms with Crippen molar-refractivity contribution < 1.29 is 14.3 Å². The van der Waals surface area contributed by atoms with Crippen LogP contribution in [0, 0.1) is 6.92 Å². The Balaban J connectivity index is 1.84. The van der Waals surface area contributed by atoms with E-state index in [0.29, 0.717) is 24.5 Å². The van der Waals surface area contributed by atoms with E-state index >= 15 is 0 Å². The van der Waals surface area contributed by atoms with Crippen molar-refractivity contribution in [2.45, 2.75) is 25.9 Å². The second-order valence-corrected chi connectivity index (χ2v) is 5.72. The molecule has 1 aromatic carbocycles.